The Balaban J connectivity index is 1.57. The molecule has 6 nitrogen and oxygen atoms in total. The van der Waals surface area contributed by atoms with Gasteiger partial charge in [-0.3, -0.25) is 4.79 Å². The summed E-state index contributed by atoms with van der Waals surface area (Å²) < 4.78 is 5.45. The van der Waals surface area contributed by atoms with Crippen LogP contribution in [0.3, 0.4) is 0 Å². The zero-order chi connectivity index (χ0) is 16.2. The standard InChI is InChI=1S/C17H30N4O2/c1-20(2)16(22)10-19-17(18-9-13-6-8-23-12-13)21-7-5-15(11-21)14-3-4-14/h13-15H,3-12H2,1-2H3,(H,18,19). The maximum Gasteiger partial charge on any atom is 0.243 e. The highest BCUT2D eigenvalue weighted by atomic mass is 16.5. The molecule has 1 amide bonds. The van der Waals surface area contributed by atoms with Crippen LogP contribution in [0.1, 0.15) is 25.7 Å². The highest BCUT2D eigenvalue weighted by molar-refractivity contribution is 5.85. The molecule has 0 aromatic rings. The van der Waals surface area contributed by atoms with Crippen LogP contribution in [0.15, 0.2) is 4.99 Å². The first-order valence-electron chi connectivity index (χ1n) is 8.94. The van der Waals surface area contributed by atoms with E-state index in [1.54, 1.807) is 19.0 Å². The fraction of sp³-hybridized carbons (Fsp3) is 0.882. The Morgan fingerprint density at radius 1 is 1.26 bits per heavy atom. The third-order valence-corrected chi connectivity index (χ3v) is 5.25. The van der Waals surface area contributed by atoms with Gasteiger partial charge < -0.3 is 19.9 Å². The molecule has 2 unspecified atom stereocenters. The topological polar surface area (TPSA) is 57.2 Å². The molecule has 3 aliphatic rings. The Labute approximate surface area is 139 Å². The Morgan fingerprint density at radius 2 is 2.09 bits per heavy atom. The summed E-state index contributed by atoms with van der Waals surface area (Å²) in [6, 6.07) is 0. The minimum atomic E-state index is 0.0476. The Kier molecular flexibility index (Phi) is 5.41. The average Bonchev–Trinajstić information content (AvgIpc) is 3.05. The predicted molar refractivity (Wildman–Crippen MR) is 90.3 cm³/mol. The van der Waals surface area contributed by atoms with Crippen molar-refractivity contribution in [2.75, 3.05) is 53.5 Å². The van der Waals surface area contributed by atoms with Crippen molar-refractivity contribution in [1.29, 1.82) is 0 Å². The molecule has 0 bridgehead atoms. The van der Waals surface area contributed by atoms with E-state index < -0.39 is 0 Å². The Bertz CT molecular complexity index is 442. The van der Waals surface area contributed by atoms with Gasteiger partial charge in [-0.05, 0) is 37.5 Å². The number of carbonyl (C=O) groups excluding carboxylic acids is 1. The Morgan fingerprint density at radius 3 is 2.74 bits per heavy atom. The van der Waals surface area contributed by atoms with Crippen LogP contribution >= 0.6 is 0 Å². The number of ether oxygens (including phenoxy) is 1. The van der Waals surface area contributed by atoms with Gasteiger partial charge in [-0.15, -0.1) is 0 Å². The van der Waals surface area contributed by atoms with Crippen molar-refractivity contribution in [1.82, 2.24) is 15.1 Å². The summed E-state index contributed by atoms with van der Waals surface area (Å²) >= 11 is 0. The third-order valence-electron chi connectivity index (χ3n) is 5.25. The van der Waals surface area contributed by atoms with E-state index in [0.717, 1.165) is 57.1 Å². The summed E-state index contributed by atoms with van der Waals surface area (Å²) in [4.78, 5) is 20.4. The van der Waals surface area contributed by atoms with E-state index in [2.05, 4.69) is 15.2 Å². The van der Waals surface area contributed by atoms with Crippen LogP contribution in [0.4, 0.5) is 0 Å². The van der Waals surface area contributed by atoms with Gasteiger partial charge in [0.15, 0.2) is 5.96 Å². The molecule has 1 N–H and O–H groups in total. The van der Waals surface area contributed by atoms with Crippen LogP contribution in [0.5, 0.6) is 0 Å². The van der Waals surface area contributed by atoms with Crippen molar-refractivity contribution in [3.05, 3.63) is 0 Å². The lowest BCUT2D eigenvalue weighted by Crippen LogP contribution is -2.43. The molecule has 2 atom stereocenters. The molecular formula is C17H30N4O2. The van der Waals surface area contributed by atoms with E-state index >= 15 is 0 Å². The van der Waals surface area contributed by atoms with E-state index in [1.807, 2.05) is 0 Å². The molecule has 0 aromatic carbocycles. The Hall–Kier alpha value is -1.30. The number of likely N-dealkylation sites (tertiary alicyclic amines) is 1. The summed E-state index contributed by atoms with van der Waals surface area (Å²) in [6.07, 6.45) is 5.18. The lowest BCUT2D eigenvalue weighted by Gasteiger charge is -2.23. The molecule has 6 heteroatoms. The number of guanidine groups is 1. The molecular weight excluding hydrogens is 292 g/mol. The normalized spacial score (nSPS) is 28.3. The second kappa shape index (κ2) is 7.51. The first-order chi connectivity index (χ1) is 11.1. The van der Waals surface area contributed by atoms with Gasteiger partial charge in [-0.1, -0.05) is 0 Å². The van der Waals surface area contributed by atoms with Crippen LogP contribution in [0.2, 0.25) is 0 Å². The van der Waals surface area contributed by atoms with Gasteiger partial charge >= 0.3 is 0 Å². The van der Waals surface area contributed by atoms with Crippen LogP contribution in [-0.4, -0.2) is 75.2 Å². The highest BCUT2D eigenvalue weighted by Gasteiger charge is 2.36. The first-order valence-corrected chi connectivity index (χ1v) is 8.94. The quantitative estimate of drug-likeness (QED) is 0.600. The molecule has 2 saturated heterocycles. The molecule has 3 rings (SSSR count). The number of nitrogens with one attached hydrogen (secondary N) is 1. The molecule has 1 saturated carbocycles. The summed E-state index contributed by atoms with van der Waals surface area (Å²) in [6.45, 7) is 4.96. The smallest absolute Gasteiger partial charge is 0.243 e. The van der Waals surface area contributed by atoms with E-state index in [-0.39, 0.29) is 12.5 Å². The zero-order valence-electron chi connectivity index (χ0n) is 14.5. The van der Waals surface area contributed by atoms with Crippen LogP contribution in [-0.2, 0) is 9.53 Å². The van der Waals surface area contributed by atoms with Crippen molar-refractivity contribution in [3.63, 3.8) is 0 Å². The minimum Gasteiger partial charge on any atom is -0.381 e. The predicted octanol–water partition coefficient (Wildman–Crippen LogP) is 0.789. The molecule has 0 radical (unpaired) electrons. The van der Waals surface area contributed by atoms with Crippen molar-refractivity contribution >= 4 is 11.9 Å². The van der Waals surface area contributed by atoms with Gasteiger partial charge in [0.25, 0.3) is 0 Å². The number of aliphatic imine (C=N–C) groups is 1. The molecule has 3 fully saturated rings. The van der Waals surface area contributed by atoms with Gasteiger partial charge in [-0.2, -0.15) is 0 Å². The lowest BCUT2D eigenvalue weighted by atomic mass is 10.0. The fourth-order valence-corrected chi connectivity index (χ4v) is 3.46. The van der Waals surface area contributed by atoms with Gasteiger partial charge in [-0.25, -0.2) is 4.99 Å². The number of carbonyl (C=O) groups is 1. The van der Waals surface area contributed by atoms with Crippen LogP contribution < -0.4 is 5.32 Å². The summed E-state index contributed by atoms with van der Waals surface area (Å²) in [5.74, 6) is 3.28. The van der Waals surface area contributed by atoms with Crippen molar-refractivity contribution in [2.24, 2.45) is 22.7 Å². The minimum absolute atomic E-state index is 0.0476. The number of nitrogens with zero attached hydrogens (tertiary/aromatic N) is 3. The highest BCUT2D eigenvalue weighted by Crippen LogP contribution is 2.41. The monoisotopic (exact) mass is 322 g/mol. The summed E-state index contributed by atoms with van der Waals surface area (Å²) in [5, 5.41) is 3.50. The summed E-state index contributed by atoms with van der Waals surface area (Å²) in [5.41, 5.74) is 0. The molecule has 2 aliphatic heterocycles. The van der Waals surface area contributed by atoms with E-state index in [9.17, 15) is 4.79 Å². The maximum absolute atomic E-state index is 11.9. The van der Waals surface area contributed by atoms with Gasteiger partial charge in [0.05, 0.1) is 6.61 Å². The van der Waals surface area contributed by atoms with Crippen LogP contribution in [0, 0.1) is 17.8 Å². The largest absolute Gasteiger partial charge is 0.381 e. The lowest BCUT2D eigenvalue weighted by molar-refractivity contribution is -0.127. The second-order valence-corrected chi connectivity index (χ2v) is 7.37. The first kappa shape index (κ1) is 16.6. The zero-order valence-corrected chi connectivity index (χ0v) is 14.5. The number of hydrogen-bond acceptors (Lipinski definition) is 3. The fourth-order valence-electron chi connectivity index (χ4n) is 3.46. The molecule has 2 heterocycles. The van der Waals surface area contributed by atoms with Crippen molar-refractivity contribution in [3.8, 4) is 0 Å². The molecule has 0 aromatic heterocycles. The van der Waals surface area contributed by atoms with Crippen LogP contribution in [0.25, 0.3) is 0 Å². The van der Waals surface area contributed by atoms with E-state index in [1.165, 1.54) is 19.3 Å². The summed E-state index contributed by atoms with van der Waals surface area (Å²) in [7, 11) is 3.56. The van der Waals surface area contributed by atoms with E-state index in [4.69, 9.17) is 4.74 Å². The van der Waals surface area contributed by atoms with Gasteiger partial charge in [0, 0.05) is 46.3 Å². The maximum atomic E-state index is 11.9. The van der Waals surface area contributed by atoms with Gasteiger partial charge in [0.1, 0.15) is 6.54 Å². The number of amides is 1. The molecule has 130 valence electrons. The SMILES string of the molecule is CN(C)C(=O)CN=C(NCC1CCOC1)N1CCC(C2CC2)C1. The number of likely N-dealkylation sites (N-methyl/N-ethyl adjacent to an activating group) is 1. The average molecular weight is 322 g/mol. The van der Waals surface area contributed by atoms with E-state index in [0.29, 0.717) is 5.92 Å². The van der Waals surface area contributed by atoms with Crippen molar-refractivity contribution in [2.45, 2.75) is 25.7 Å². The molecule has 23 heavy (non-hydrogen) atoms. The second-order valence-electron chi connectivity index (χ2n) is 7.37. The third kappa shape index (κ3) is 4.59. The number of hydrogen-bond donors (Lipinski definition) is 1. The number of rotatable bonds is 5. The molecule has 0 spiro atoms. The molecule has 1 aliphatic carbocycles. The van der Waals surface area contributed by atoms with Crippen molar-refractivity contribution < 1.29 is 9.53 Å². The van der Waals surface area contributed by atoms with Gasteiger partial charge in [0.2, 0.25) is 5.91 Å².